The minimum absolute atomic E-state index is 1.01. The molecule has 0 radical (unpaired) electrons. The van der Waals surface area contributed by atoms with E-state index in [1.165, 1.54) is 34.1 Å². The predicted octanol–water partition coefficient (Wildman–Crippen LogP) is 6.78. The van der Waals surface area contributed by atoms with Crippen LogP contribution in [0.2, 0.25) is 0 Å². The van der Waals surface area contributed by atoms with E-state index in [9.17, 15) is 0 Å². The molecule has 0 aromatic heterocycles. The number of fused-ring (bicyclic) bond motifs is 4. The highest BCUT2D eigenvalue weighted by atomic mass is 15.2. The Labute approximate surface area is 201 Å². The minimum atomic E-state index is 1.01. The third-order valence-electron chi connectivity index (χ3n) is 6.96. The van der Waals surface area contributed by atoms with Crippen molar-refractivity contribution in [1.82, 2.24) is 0 Å². The van der Waals surface area contributed by atoms with Gasteiger partial charge in [-0.05, 0) is 60.7 Å². The van der Waals surface area contributed by atoms with Gasteiger partial charge in [-0.3, -0.25) is 0 Å². The van der Waals surface area contributed by atoms with E-state index in [4.69, 9.17) is 0 Å². The van der Waals surface area contributed by atoms with Crippen LogP contribution in [0.25, 0.3) is 0 Å². The van der Waals surface area contributed by atoms with Crippen molar-refractivity contribution in [3.8, 4) is 11.8 Å². The van der Waals surface area contributed by atoms with Gasteiger partial charge in [0.15, 0.2) is 0 Å². The molecule has 0 saturated heterocycles. The van der Waals surface area contributed by atoms with Crippen LogP contribution in [0.1, 0.15) is 11.1 Å². The molecule has 34 heavy (non-hydrogen) atoms. The van der Waals surface area contributed by atoms with Gasteiger partial charge in [0, 0.05) is 39.3 Å². The Morgan fingerprint density at radius 2 is 0.676 bits per heavy atom. The fourth-order valence-corrected chi connectivity index (χ4v) is 5.03. The van der Waals surface area contributed by atoms with Crippen LogP contribution in [0.3, 0.4) is 0 Å². The van der Waals surface area contributed by atoms with E-state index in [0.717, 1.165) is 22.5 Å². The van der Waals surface area contributed by atoms with E-state index < -0.39 is 0 Å². The highest BCUT2D eigenvalue weighted by Gasteiger charge is 2.24. The second kappa shape index (κ2) is 7.60. The van der Waals surface area contributed by atoms with Gasteiger partial charge in [-0.15, -0.1) is 0 Å². The highest BCUT2D eigenvalue weighted by molar-refractivity contribution is 5.94. The monoisotopic (exact) mass is 442 g/mol. The lowest BCUT2D eigenvalue weighted by Gasteiger charge is -2.36. The number of nitrogens with zero attached hydrogens (tertiary/aromatic N) is 4. The van der Waals surface area contributed by atoms with Gasteiger partial charge in [-0.1, -0.05) is 36.1 Å². The fourth-order valence-electron chi connectivity index (χ4n) is 5.03. The molecule has 4 aromatic rings. The molecular weight excluding hydrogens is 416 g/mol. The van der Waals surface area contributed by atoms with Crippen LogP contribution in [0.5, 0.6) is 0 Å². The van der Waals surface area contributed by atoms with E-state index in [2.05, 4.69) is 145 Å². The molecule has 2 heterocycles. The molecule has 0 bridgehead atoms. The number of benzene rings is 4. The summed E-state index contributed by atoms with van der Waals surface area (Å²) in [7, 11) is 8.48. The Morgan fingerprint density at radius 3 is 1.03 bits per heavy atom. The van der Waals surface area contributed by atoms with Gasteiger partial charge in [-0.2, -0.15) is 0 Å². The lowest BCUT2D eigenvalue weighted by molar-refractivity contribution is 1.09. The Morgan fingerprint density at radius 1 is 0.382 bits per heavy atom. The molecule has 6 rings (SSSR count). The largest absolute Gasteiger partial charge is 0.341 e. The van der Waals surface area contributed by atoms with Crippen molar-refractivity contribution in [2.75, 3.05) is 47.8 Å². The topological polar surface area (TPSA) is 13.0 Å². The summed E-state index contributed by atoms with van der Waals surface area (Å²) in [4.78, 5) is 8.99. The van der Waals surface area contributed by atoms with Gasteiger partial charge in [0.2, 0.25) is 0 Å². The molecule has 166 valence electrons. The average molecular weight is 443 g/mol. The zero-order chi connectivity index (χ0) is 23.4. The molecule has 2 aliphatic heterocycles. The number of hydrogen-bond acceptors (Lipinski definition) is 4. The first-order chi connectivity index (χ1) is 16.5. The third kappa shape index (κ3) is 3.02. The molecule has 4 heteroatoms. The van der Waals surface area contributed by atoms with Gasteiger partial charge in [-0.25, -0.2) is 0 Å². The maximum atomic E-state index is 3.40. The Kier molecular flexibility index (Phi) is 4.53. The van der Waals surface area contributed by atoms with Gasteiger partial charge < -0.3 is 19.6 Å². The molecule has 0 N–H and O–H groups in total. The van der Waals surface area contributed by atoms with Crippen molar-refractivity contribution < 1.29 is 0 Å². The van der Waals surface area contributed by atoms with Crippen LogP contribution in [-0.4, -0.2) is 28.2 Å². The quantitative estimate of drug-likeness (QED) is 0.278. The summed E-state index contributed by atoms with van der Waals surface area (Å²) in [5.74, 6) is 6.79. The van der Waals surface area contributed by atoms with Crippen molar-refractivity contribution in [2.45, 2.75) is 0 Å². The Bertz CT molecular complexity index is 1380. The molecule has 0 saturated carbocycles. The van der Waals surface area contributed by atoms with E-state index in [0.29, 0.717) is 0 Å². The summed E-state index contributed by atoms with van der Waals surface area (Å²) in [6.45, 7) is 0. The van der Waals surface area contributed by atoms with Crippen LogP contribution in [0.4, 0.5) is 45.5 Å². The fraction of sp³-hybridized carbons (Fsp3) is 0.133. The summed E-state index contributed by atoms with van der Waals surface area (Å²) in [5.41, 5.74) is 11.5. The maximum absolute atomic E-state index is 3.40. The number of rotatable bonds is 0. The molecular formula is C30H26N4. The second-order valence-corrected chi connectivity index (χ2v) is 8.87. The van der Waals surface area contributed by atoms with Crippen LogP contribution in [0.15, 0.2) is 84.9 Å². The van der Waals surface area contributed by atoms with Crippen molar-refractivity contribution in [2.24, 2.45) is 0 Å². The van der Waals surface area contributed by atoms with Crippen molar-refractivity contribution in [3.05, 3.63) is 96.1 Å². The van der Waals surface area contributed by atoms with Gasteiger partial charge in [0.1, 0.15) is 0 Å². The molecule has 0 spiro atoms. The normalized spacial score (nSPS) is 13.4. The number of hydrogen-bond donors (Lipinski definition) is 0. The van der Waals surface area contributed by atoms with Crippen molar-refractivity contribution in [3.63, 3.8) is 0 Å². The second-order valence-electron chi connectivity index (χ2n) is 8.87. The van der Waals surface area contributed by atoms with Gasteiger partial charge in [0.05, 0.1) is 45.5 Å². The lowest BCUT2D eigenvalue weighted by Crippen LogP contribution is -2.24. The smallest absolute Gasteiger partial charge is 0.0662 e. The SMILES string of the molecule is CN1c2ccccc2N(C)c2cc(C#Cc3ccc4c(c3)N(C)c3ccccc3N4C)ccc21. The highest BCUT2D eigenvalue weighted by Crippen LogP contribution is 2.47. The Balaban J connectivity index is 1.34. The number of para-hydroxylation sites is 4. The van der Waals surface area contributed by atoms with Gasteiger partial charge in [0.25, 0.3) is 0 Å². The first-order valence-corrected chi connectivity index (χ1v) is 11.5. The first kappa shape index (κ1) is 20.3. The molecule has 4 nitrogen and oxygen atoms in total. The van der Waals surface area contributed by atoms with Crippen molar-refractivity contribution in [1.29, 1.82) is 0 Å². The van der Waals surface area contributed by atoms with Crippen LogP contribution >= 0.6 is 0 Å². The molecule has 0 atom stereocenters. The number of anilines is 8. The van der Waals surface area contributed by atoms with E-state index in [1.54, 1.807) is 0 Å². The Hall–Kier alpha value is -4.36. The van der Waals surface area contributed by atoms with Gasteiger partial charge >= 0.3 is 0 Å². The predicted molar refractivity (Wildman–Crippen MR) is 144 cm³/mol. The molecule has 2 aliphatic rings. The van der Waals surface area contributed by atoms with Crippen molar-refractivity contribution >= 4 is 45.5 Å². The summed E-state index contributed by atoms with van der Waals surface area (Å²) in [6, 6.07) is 29.9. The first-order valence-electron chi connectivity index (χ1n) is 11.5. The molecule has 0 fully saturated rings. The van der Waals surface area contributed by atoms with Crippen LogP contribution in [0, 0.1) is 11.8 Å². The average Bonchev–Trinajstić information content (AvgIpc) is 2.89. The lowest BCUT2D eigenvalue weighted by atomic mass is 10.0. The standard InChI is InChI=1S/C30H26N4/c1-31-23-9-5-7-11-25(23)33(3)29-19-21(15-17-27(29)31)13-14-22-16-18-28-30(20-22)34(4)26-12-8-6-10-24(26)32(28)2/h5-12,15-20H,1-4H3. The molecule has 0 amide bonds. The van der Waals surface area contributed by atoms with Crippen LogP contribution < -0.4 is 19.6 Å². The van der Waals surface area contributed by atoms with E-state index >= 15 is 0 Å². The maximum Gasteiger partial charge on any atom is 0.0662 e. The molecule has 4 aromatic carbocycles. The summed E-state index contributed by atoms with van der Waals surface area (Å²) in [5, 5.41) is 0. The summed E-state index contributed by atoms with van der Waals surface area (Å²) >= 11 is 0. The molecule has 0 aliphatic carbocycles. The molecule has 0 unspecified atom stereocenters. The minimum Gasteiger partial charge on any atom is -0.341 e. The third-order valence-corrected chi connectivity index (χ3v) is 6.96. The summed E-state index contributed by atoms with van der Waals surface area (Å²) in [6.07, 6.45) is 0. The van der Waals surface area contributed by atoms with E-state index in [1.807, 2.05) is 0 Å². The van der Waals surface area contributed by atoms with Crippen LogP contribution in [-0.2, 0) is 0 Å². The summed E-state index contributed by atoms with van der Waals surface area (Å²) < 4.78 is 0. The zero-order valence-electron chi connectivity index (χ0n) is 19.9. The zero-order valence-corrected chi connectivity index (χ0v) is 19.9. The van der Waals surface area contributed by atoms with E-state index in [-0.39, 0.29) is 0 Å².